The summed E-state index contributed by atoms with van der Waals surface area (Å²) < 4.78 is 6.27. The number of nitrogens with two attached hydrogens (primary N) is 1. The van der Waals surface area contributed by atoms with Crippen LogP contribution in [0.5, 0.6) is 5.75 Å². The third-order valence-electron chi connectivity index (χ3n) is 2.88. The highest BCUT2D eigenvalue weighted by atomic mass is 79.9. The van der Waals surface area contributed by atoms with E-state index < -0.39 is 0 Å². The van der Waals surface area contributed by atoms with Crippen molar-refractivity contribution in [2.24, 2.45) is 0 Å². The molecule has 6 heteroatoms. The van der Waals surface area contributed by atoms with Crippen LogP contribution >= 0.6 is 27.3 Å². The zero-order valence-electron chi connectivity index (χ0n) is 11.2. The van der Waals surface area contributed by atoms with E-state index in [-0.39, 0.29) is 5.91 Å². The molecule has 2 aromatic rings. The first-order valence-corrected chi connectivity index (χ1v) is 7.61. The van der Waals surface area contributed by atoms with Crippen molar-refractivity contribution in [2.45, 2.75) is 6.54 Å². The van der Waals surface area contributed by atoms with Gasteiger partial charge in [0, 0.05) is 19.3 Å². The van der Waals surface area contributed by atoms with Crippen LogP contribution in [0, 0.1) is 0 Å². The summed E-state index contributed by atoms with van der Waals surface area (Å²) in [6.07, 6.45) is 0. The molecule has 0 bridgehead atoms. The Labute approximate surface area is 130 Å². The van der Waals surface area contributed by atoms with E-state index in [2.05, 4.69) is 15.9 Å². The van der Waals surface area contributed by atoms with E-state index in [0.717, 1.165) is 9.35 Å². The molecule has 1 heterocycles. The van der Waals surface area contributed by atoms with Gasteiger partial charge in [-0.25, -0.2) is 0 Å². The number of anilines is 1. The number of nitrogens with zero attached hydrogens (tertiary/aromatic N) is 1. The number of benzene rings is 1. The Morgan fingerprint density at radius 2 is 2.25 bits per heavy atom. The first-order valence-electron chi connectivity index (χ1n) is 5.93. The molecule has 0 saturated carbocycles. The number of ether oxygens (including phenoxy) is 1. The maximum atomic E-state index is 12.5. The first-order chi connectivity index (χ1) is 9.52. The van der Waals surface area contributed by atoms with Crippen LogP contribution in [0.15, 0.2) is 33.4 Å². The molecule has 0 aliphatic heterocycles. The van der Waals surface area contributed by atoms with Crippen LogP contribution in [0.2, 0.25) is 0 Å². The smallest absolute Gasteiger partial charge is 0.259 e. The Morgan fingerprint density at radius 1 is 1.50 bits per heavy atom. The topological polar surface area (TPSA) is 55.6 Å². The number of carbonyl (C=O) groups excluding carboxylic acids is 1. The van der Waals surface area contributed by atoms with Crippen molar-refractivity contribution in [3.05, 3.63) is 44.6 Å². The summed E-state index contributed by atoms with van der Waals surface area (Å²) in [7, 11) is 3.28. The molecule has 0 spiro atoms. The van der Waals surface area contributed by atoms with E-state index in [1.54, 1.807) is 41.5 Å². The molecule has 0 aliphatic rings. The average Bonchev–Trinajstić information content (AvgIpc) is 2.82. The van der Waals surface area contributed by atoms with Gasteiger partial charge in [-0.05, 0) is 45.1 Å². The second-order valence-electron chi connectivity index (χ2n) is 4.34. The summed E-state index contributed by atoms with van der Waals surface area (Å²) in [5.74, 6) is 0.343. The van der Waals surface area contributed by atoms with Crippen molar-refractivity contribution < 1.29 is 9.53 Å². The van der Waals surface area contributed by atoms with Gasteiger partial charge >= 0.3 is 0 Å². The highest BCUT2D eigenvalue weighted by Crippen LogP contribution is 2.27. The summed E-state index contributed by atoms with van der Waals surface area (Å²) in [5.41, 5.74) is 7.81. The number of nitrogen functional groups attached to an aromatic ring is 1. The van der Waals surface area contributed by atoms with Crippen LogP contribution in [0.25, 0.3) is 0 Å². The van der Waals surface area contributed by atoms with E-state index in [1.165, 1.54) is 7.11 Å². The number of amides is 1. The quantitative estimate of drug-likeness (QED) is 0.856. The highest BCUT2D eigenvalue weighted by Gasteiger charge is 2.19. The van der Waals surface area contributed by atoms with Crippen molar-refractivity contribution in [1.29, 1.82) is 0 Å². The largest absolute Gasteiger partial charge is 0.496 e. The summed E-state index contributed by atoms with van der Waals surface area (Å²) >= 11 is 5.01. The van der Waals surface area contributed by atoms with Gasteiger partial charge in [0.1, 0.15) is 11.3 Å². The van der Waals surface area contributed by atoms with Gasteiger partial charge in [-0.15, -0.1) is 11.3 Å². The first kappa shape index (κ1) is 14.9. The van der Waals surface area contributed by atoms with E-state index in [9.17, 15) is 4.79 Å². The van der Waals surface area contributed by atoms with Crippen LogP contribution in [0.3, 0.4) is 0 Å². The SMILES string of the molecule is COc1cccc(N)c1C(=O)N(C)Cc1csc(Br)c1. The fraction of sp³-hybridized carbons (Fsp3) is 0.214. The second-order valence-corrected chi connectivity index (χ2v) is 6.64. The Hall–Kier alpha value is -1.53. The van der Waals surface area contributed by atoms with Gasteiger partial charge in [0.15, 0.2) is 0 Å². The molecular formula is C14H15BrN2O2S. The monoisotopic (exact) mass is 354 g/mol. The molecule has 20 heavy (non-hydrogen) atoms. The van der Waals surface area contributed by atoms with Crippen molar-refractivity contribution in [3.8, 4) is 5.75 Å². The third-order valence-corrected chi connectivity index (χ3v) is 4.43. The number of methoxy groups -OCH3 is 1. The minimum Gasteiger partial charge on any atom is -0.496 e. The van der Waals surface area contributed by atoms with E-state index in [1.807, 2.05) is 11.4 Å². The lowest BCUT2D eigenvalue weighted by atomic mass is 10.1. The number of hydrogen-bond donors (Lipinski definition) is 1. The van der Waals surface area contributed by atoms with Crippen molar-refractivity contribution in [3.63, 3.8) is 0 Å². The maximum absolute atomic E-state index is 12.5. The zero-order valence-corrected chi connectivity index (χ0v) is 13.6. The molecule has 0 aliphatic carbocycles. The summed E-state index contributed by atoms with van der Waals surface area (Å²) in [5, 5.41) is 2.01. The number of rotatable bonds is 4. The minimum absolute atomic E-state index is 0.151. The number of thiophene rings is 1. The molecule has 0 fully saturated rings. The fourth-order valence-corrected chi connectivity index (χ4v) is 3.11. The molecule has 0 atom stereocenters. The van der Waals surface area contributed by atoms with E-state index in [0.29, 0.717) is 23.5 Å². The molecule has 0 unspecified atom stereocenters. The molecule has 2 N–H and O–H groups in total. The van der Waals surface area contributed by atoms with Crippen LogP contribution < -0.4 is 10.5 Å². The molecule has 0 saturated heterocycles. The van der Waals surface area contributed by atoms with Crippen molar-refractivity contribution in [2.75, 3.05) is 19.9 Å². The standard InChI is InChI=1S/C14H15BrN2O2S/c1-17(7-9-6-12(15)20-8-9)14(18)13-10(16)4-3-5-11(13)19-2/h3-6,8H,7,16H2,1-2H3. The van der Waals surface area contributed by atoms with Crippen LogP contribution in [0.4, 0.5) is 5.69 Å². The van der Waals surface area contributed by atoms with Crippen molar-refractivity contribution in [1.82, 2.24) is 4.90 Å². The Bertz CT molecular complexity index is 627. The number of carbonyl (C=O) groups is 1. The van der Waals surface area contributed by atoms with Gasteiger partial charge in [0.25, 0.3) is 5.91 Å². The Morgan fingerprint density at radius 3 is 2.85 bits per heavy atom. The third kappa shape index (κ3) is 3.13. The molecule has 4 nitrogen and oxygen atoms in total. The molecule has 2 rings (SSSR count). The molecule has 106 valence electrons. The van der Waals surface area contributed by atoms with E-state index in [4.69, 9.17) is 10.5 Å². The fourth-order valence-electron chi connectivity index (χ4n) is 1.91. The highest BCUT2D eigenvalue weighted by molar-refractivity contribution is 9.11. The summed E-state index contributed by atoms with van der Waals surface area (Å²) in [6, 6.07) is 7.20. The molecule has 1 amide bonds. The molecular weight excluding hydrogens is 340 g/mol. The predicted octanol–water partition coefficient (Wildman–Crippen LogP) is 3.37. The molecule has 1 aromatic carbocycles. The number of hydrogen-bond acceptors (Lipinski definition) is 4. The summed E-state index contributed by atoms with van der Waals surface area (Å²) in [6.45, 7) is 0.526. The van der Waals surface area contributed by atoms with Gasteiger partial charge in [-0.1, -0.05) is 6.07 Å². The lowest BCUT2D eigenvalue weighted by Crippen LogP contribution is -2.27. The zero-order chi connectivity index (χ0) is 14.7. The van der Waals surface area contributed by atoms with Gasteiger partial charge in [0.05, 0.1) is 10.9 Å². The van der Waals surface area contributed by atoms with E-state index >= 15 is 0 Å². The van der Waals surface area contributed by atoms with Gasteiger partial charge < -0.3 is 15.4 Å². The second kappa shape index (κ2) is 6.28. The lowest BCUT2D eigenvalue weighted by molar-refractivity contribution is 0.0783. The summed E-state index contributed by atoms with van der Waals surface area (Å²) in [4.78, 5) is 14.1. The average molecular weight is 355 g/mol. The molecule has 1 aromatic heterocycles. The van der Waals surface area contributed by atoms with Crippen LogP contribution in [-0.2, 0) is 6.54 Å². The number of halogens is 1. The van der Waals surface area contributed by atoms with Crippen LogP contribution in [0.1, 0.15) is 15.9 Å². The van der Waals surface area contributed by atoms with Gasteiger partial charge in [-0.2, -0.15) is 0 Å². The minimum atomic E-state index is -0.151. The Balaban J connectivity index is 2.22. The van der Waals surface area contributed by atoms with Crippen molar-refractivity contribution >= 4 is 38.9 Å². The Kier molecular flexibility index (Phi) is 4.67. The lowest BCUT2D eigenvalue weighted by Gasteiger charge is -2.19. The maximum Gasteiger partial charge on any atom is 0.259 e. The molecule has 0 radical (unpaired) electrons. The predicted molar refractivity (Wildman–Crippen MR) is 85.2 cm³/mol. The van der Waals surface area contributed by atoms with Crippen LogP contribution in [-0.4, -0.2) is 25.0 Å². The van der Waals surface area contributed by atoms with Gasteiger partial charge in [0.2, 0.25) is 0 Å². The normalized spacial score (nSPS) is 10.3. The van der Waals surface area contributed by atoms with Gasteiger partial charge in [-0.3, -0.25) is 4.79 Å².